The van der Waals surface area contributed by atoms with Crippen molar-refractivity contribution in [2.75, 3.05) is 13.1 Å². The highest BCUT2D eigenvalue weighted by atomic mass is 15.6. The summed E-state index contributed by atoms with van der Waals surface area (Å²) >= 11 is 0. The fourth-order valence-corrected chi connectivity index (χ4v) is 5.35. The number of pyridine rings is 1. The van der Waals surface area contributed by atoms with Gasteiger partial charge in [0.05, 0.1) is 11.7 Å². The van der Waals surface area contributed by atoms with Crippen LogP contribution in [-0.4, -0.2) is 43.2 Å². The zero-order valence-electron chi connectivity index (χ0n) is 18.2. The fraction of sp³-hybridized carbons (Fsp3) is 0.520. The molecule has 0 bridgehead atoms. The van der Waals surface area contributed by atoms with Gasteiger partial charge in [-0.2, -0.15) is 0 Å². The Bertz CT molecular complexity index is 927. The Morgan fingerprint density at radius 2 is 1.65 bits per heavy atom. The molecule has 3 aromatic rings. The molecule has 1 aromatic carbocycles. The largest absolute Gasteiger partial charge is 0.288 e. The molecule has 31 heavy (non-hydrogen) atoms. The number of hydrogen-bond donors (Lipinski definition) is 0. The van der Waals surface area contributed by atoms with Crippen molar-refractivity contribution < 1.29 is 0 Å². The summed E-state index contributed by atoms with van der Waals surface area (Å²) in [6.45, 7) is 2.10. The molecule has 2 aliphatic rings. The van der Waals surface area contributed by atoms with Crippen molar-refractivity contribution >= 4 is 0 Å². The van der Waals surface area contributed by atoms with Gasteiger partial charge in [-0.15, -0.1) is 5.10 Å². The van der Waals surface area contributed by atoms with Crippen molar-refractivity contribution in [2.45, 2.75) is 63.5 Å². The Hall–Kier alpha value is -2.60. The molecule has 0 amide bonds. The third-order valence-corrected chi connectivity index (χ3v) is 7.03. The summed E-state index contributed by atoms with van der Waals surface area (Å²) in [6, 6.07) is 17.5. The molecule has 162 valence electrons. The van der Waals surface area contributed by atoms with Gasteiger partial charge in [0.15, 0.2) is 5.82 Å². The lowest BCUT2D eigenvalue weighted by molar-refractivity contribution is 0.138. The molecule has 1 aliphatic heterocycles. The van der Waals surface area contributed by atoms with E-state index >= 15 is 0 Å². The van der Waals surface area contributed by atoms with Gasteiger partial charge >= 0.3 is 0 Å². The van der Waals surface area contributed by atoms with Gasteiger partial charge in [0.2, 0.25) is 0 Å². The first-order valence-corrected chi connectivity index (χ1v) is 11.8. The SMILES string of the molecule is c1ccc(CC2CCN(C(c3ccccn3)c3nnnn3C3CCCCC3)CC2)cc1. The van der Waals surface area contributed by atoms with Gasteiger partial charge in [-0.1, -0.05) is 55.7 Å². The maximum Gasteiger partial charge on any atom is 0.174 e. The normalized spacial score (nSPS) is 20.0. The van der Waals surface area contributed by atoms with Gasteiger partial charge < -0.3 is 0 Å². The van der Waals surface area contributed by atoms with Crippen molar-refractivity contribution in [2.24, 2.45) is 5.92 Å². The smallest absolute Gasteiger partial charge is 0.174 e. The molecule has 3 heterocycles. The average molecular weight is 417 g/mol. The predicted octanol–water partition coefficient (Wildman–Crippen LogP) is 4.62. The molecular weight excluding hydrogens is 384 g/mol. The average Bonchev–Trinajstić information content (AvgIpc) is 3.32. The van der Waals surface area contributed by atoms with Crippen LogP contribution in [-0.2, 0) is 6.42 Å². The van der Waals surface area contributed by atoms with Gasteiger partial charge in [-0.3, -0.25) is 9.88 Å². The molecule has 1 aliphatic carbocycles. The van der Waals surface area contributed by atoms with E-state index in [9.17, 15) is 0 Å². The van der Waals surface area contributed by atoms with Crippen LogP contribution < -0.4 is 0 Å². The molecule has 1 saturated carbocycles. The lowest BCUT2D eigenvalue weighted by atomic mass is 9.89. The molecular formula is C25H32N6. The van der Waals surface area contributed by atoms with Crippen molar-refractivity contribution in [3.05, 3.63) is 71.8 Å². The van der Waals surface area contributed by atoms with Crippen LogP contribution in [0.3, 0.4) is 0 Å². The van der Waals surface area contributed by atoms with E-state index in [0.717, 1.165) is 30.5 Å². The number of piperidine rings is 1. The highest BCUT2D eigenvalue weighted by Gasteiger charge is 2.33. The standard InChI is InChI=1S/C25H32N6/c1-3-9-20(10-4-1)19-21-14-17-30(18-15-21)24(23-13-7-8-16-26-23)25-27-28-29-31(25)22-11-5-2-6-12-22/h1,3-4,7-10,13,16,21-22,24H,2,5-6,11-12,14-15,17-19H2. The molecule has 0 radical (unpaired) electrons. The van der Waals surface area contributed by atoms with Crippen LogP contribution in [0.1, 0.15) is 74.1 Å². The van der Waals surface area contributed by atoms with Crippen molar-refractivity contribution in [1.29, 1.82) is 0 Å². The number of aromatic nitrogens is 5. The summed E-state index contributed by atoms with van der Waals surface area (Å²) in [7, 11) is 0. The van der Waals surface area contributed by atoms with E-state index < -0.39 is 0 Å². The molecule has 0 spiro atoms. The van der Waals surface area contributed by atoms with E-state index in [1.807, 2.05) is 12.3 Å². The summed E-state index contributed by atoms with van der Waals surface area (Å²) in [5.41, 5.74) is 2.50. The second-order valence-corrected chi connectivity index (χ2v) is 9.10. The maximum absolute atomic E-state index is 4.73. The van der Waals surface area contributed by atoms with E-state index in [-0.39, 0.29) is 6.04 Å². The molecule has 1 saturated heterocycles. The van der Waals surface area contributed by atoms with Crippen LogP contribution in [0.15, 0.2) is 54.7 Å². The second kappa shape index (κ2) is 9.69. The topological polar surface area (TPSA) is 59.7 Å². The summed E-state index contributed by atoms with van der Waals surface area (Å²) in [5.74, 6) is 1.70. The Balaban J connectivity index is 1.36. The molecule has 6 nitrogen and oxygen atoms in total. The van der Waals surface area contributed by atoms with Gasteiger partial charge in [0, 0.05) is 6.20 Å². The predicted molar refractivity (Wildman–Crippen MR) is 120 cm³/mol. The van der Waals surface area contributed by atoms with Crippen LogP contribution in [0.5, 0.6) is 0 Å². The lowest BCUT2D eigenvalue weighted by Crippen LogP contribution is -2.39. The van der Waals surface area contributed by atoms with E-state index in [2.05, 4.69) is 67.6 Å². The number of hydrogen-bond acceptors (Lipinski definition) is 5. The van der Waals surface area contributed by atoms with Gasteiger partial charge in [0.1, 0.15) is 6.04 Å². The fourth-order valence-electron chi connectivity index (χ4n) is 5.35. The zero-order valence-corrected chi connectivity index (χ0v) is 18.2. The van der Waals surface area contributed by atoms with E-state index in [0.29, 0.717) is 6.04 Å². The van der Waals surface area contributed by atoms with E-state index in [1.165, 1.54) is 56.9 Å². The molecule has 0 N–H and O–H groups in total. The van der Waals surface area contributed by atoms with Crippen LogP contribution in [0.4, 0.5) is 0 Å². The first kappa shape index (κ1) is 20.3. The Morgan fingerprint density at radius 3 is 2.39 bits per heavy atom. The molecule has 1 unspecified atom stereocenters. The quantitative estimate of drug-likeness (QED) is 0.587. The summed E-state index contributed by atoms with van der Waals surface area (Å²) in [4.78, 5) is 7.28. The Labute approximate surface area is 184 Å². The number of tetrazole rings is 1. The molecule has 2 fully saturated rings. The van der Waals surface area contributed by atoms with E-state index in [4.69, 9.17) is 4.98 Å². The van der Waals surface area contributed by atoms with Crippen LogP contribution in [0.2, 0.25) is 0 Å². The van der Waals surface area contributed by atoms with Crippen molar-refractivity contribution in [1.82, 2.24) is 30.1 Å². The minimum absolute atomic E-state index is 0.0239. The van der Waals surface area contributed by atoms with Crippen molar-refractivity contribution in [3.63, 3.8) is 0 Å². The molecule has 5 rings (SSSR count). The Morgan fingerprint density at radius 1 is 0.871 bits per heavy atom. The molecule has 2 aromatic heterocycles. The summed E-state index contributed by atoms with van der Waals surface area (Å²) < 4.78 is 2.12. The highest BCUT2D eigenvalue weighted by Crippen LogP contribution is 2.34. The number of nitrogens with zero attached hydrogens (tertiary/aromatic N) is 6. The summed E-state index contributed by atoms with van der Waals surface area (Å²) in [6.07, 6.45) is 11.7. The van der Waals surface area contributed by atoms with Crippen LogP contribution >= 0.6 is 0 Å². The molecule has 1 atom stereocenters. The van der Waals surface area contributed by atoms with Crippen LogP contribution in [0, 0.1) is 5.92 Å². The van der Waals surface area contributed by atoms with Gasteiger partial charge in [0.25, 0.3) is 0 Å². The molecule has 6 heteroatoms. The number of likely N-dealkylation sites (tertiary alicyclic amines) is 1. The first-order chi connectivity index (χ1) is 15.4. The van der Waals surface area contributed by atoms with Gasteiger partial charge in [-0.05, 0) is 79.2 Å². The van der Waals surface area contributed by atoms with Crippen LogP contribution in [0.25, 0.3) is 0 Å². The Kier molecular flexibility index (Phi) is 6.35. The number of benzene rings is 1. The van der Waals surface area contributed by atoms with Crippen molar-refractivity contribution in [3.8, 4) is 0 Å². The highest BCUT2D eigenvalue weighted by molar-refractivity contribution is 5.19. The number of rotatable bonds is 6. The maximum atomic E-state index is 4.73. The van der Waals surface area contributed by atoms with Gasteiger partial charge in [-0.25, -0.2) is 4.68 Å². The minimum atomic E-state index is 0.0239. The minimum Gasteiger partial charge on any atom is -0.288 e. The van der Waals surface area contributed by atoms with E-state index in [1.54, 1.807) is 0 Å². The monoisotopic (exact) mass is 416 g/mol. The second-order valence-electron chi connectivity index (χ2n) is 9.10. The summed E-state index contributed by atoms with van der Waals surface area (Å²) in [5, 5.41) is 13.1. The first-order valence-electron chi connectivity index (χ1n) is 11.8. The third-order valence-electron chi connectivity index (χ3n) is 7.03. The lowest BCUT2D eigenvalue weighted by Gasteiger charge is -2.37. The zero-order chi connectivity index (χ0) is 20.9. The third kappa shape index (κ3) is 4.69.